The van der Waals surface area contributed by atoms with Crippen LogP contribution in [0.25, 0.3) is 10.8 Å². The Balaban J connectivity index is 1.72. The van der Waals surface area contributed by atoms with Crippen molar-refractivity contribution in [2.24, 2.45) is 0 Å². The number of aromatic hydroxyl groups is 1. The second-order valence-electron chi connectivity index (χ2n) is 6.37. The minimum Gasteiger partial charge on any atom is -0.508 e. The fourth-order valence-corrected chi connectivity index (χ4v) is 3.48. The predicted molar refractivity (Wildman–Crippen MR) is 97.6 cm³/mol. The highest BCUT2D eigenvalue weighted by Crippen LogP contribution is 2.34. The van der Waals surface area contributed by atoms with E-state index < -0.39 is 0 Å². The third-order valence-corrected chi connectivity index (χ3v) is 4.70. The molecule has 1 heterocycles. The molecule has 0 saturated carbocycles. The Morgan fingerprint density at radius 2 is 1.88 bits per heavy atom. The molecule has 4 rings (SSSR count). The number of para-hydroxylation sites is 1. The van der Waals surface area contributed by atoms with Gasteiger partial charge >= 0.3 is 0 Å². The molecule has 0 spiro atoms. The van der Waals surface area contributed by atoms with E-state index in [0.29, 0.717) is 0 Å². The Morgan fingerprint density at radius 1 is 1.00 bits per heavy atom. The van der Waals surface area contributed by atoms with Gasteiger partial charge in [0.2, 0.25) is 0 Å². The smallest absolute Gasteiger partial charge is 0.172 e. The first-order chi connectivity index (χ1) is 12.2. The van der Waals surface area contributed by atoms with Gasteiger partial charge in [-0.15, -0.1) is 0 Å². The lowest BCUT2D eigenvalue weighted by Gasteiger charge is -2.38. The maximum atomic E-state index is 14.0. The van der Waals surface area contributed by atoms with Crippen LogP contribution in [0.4, 0.5) is 10.1 Å². The zero-order valence-corrected chi connectivity index (χ0v) is 13.9. The maximum absolute atomic E-state index is 14.0. The molecule has 1 atom stereocenters. The fraction of sp³-hybridized carbons (Fsp3) is 0.238. The van der Waals surface area contributed by atoms with Gasteiger partial charge in [0.25, 0.3) is 0 Å². The minimum absolute atomic E-state index is 0.224. The number of anilines is 1. The van der Waals surface area contributed by atoms with Crippen LogP contribution < -0.4 is 9.64 Å². The number of benzene rings is 3. The third kappa shape index (κ3) is 3.12. The normalized spacial score (nSPS) is 17.6. The standard InChI is InChI=1S/C21H20FNO2/c22-18-7-1-2-9-20(18)25-21-10-3-4-13-23(21)19-8-5-6-15-11-12-16(24)14-17(15)19/h1-2,5-9,11-12,14,21,24H,3-4,10,13H2. The zero-order chi connectivity index (χ0) is 17.2. The molecule has 1 saturated heterocycles. The van der Waals surface area contributed by atoms with Crippen molar-refractivity contribution in [1.82, 2.24) is 0 Å². The van der Waals surface area contributed by atoms with E-state index in [4.69, 9.17) is 4.74 Å². The largest absolute Gasteiger partial charge is 0.508 e. The summed E-state index contributed by atoms with van der Waals surface area (Å²) in [5, 5.41) is 11.9. The van der Waals surface area contributed by atoms with Gasteiger partial charge in [0.15, 0.2) is 17.8 Å². The number of hydrogen-bond donors (Lipinski definition) is 1. The van der Waals surface area contributed by atoms with Crippen LogP contribution in [0, 0.1) is 5.82 Å². The number of phenolic OH excluding ortho intramolecular Hbond substituents is 1. The van der Waals surface area contributed by atoms with E-state index in [1.807, 2.05) is 24.3 Å². The summed E-state index contributed by atoms with van der Waals surface area (Å²) < 4.78 is 20.0. The van der Waals surface area contributed by atoms with Gasteiger partial charge in [-0.3, -0.25) is 0 Å². The first-order valence-corrected chi connectivity index (χ1v) is 8.62. The van der Waals surface area contributed by atoms with Crippen LogP contribution in [-0.2, 0) is 0 Å². The number of hydrogen-bond acceptors (Lipinski definition) is 3. The number of phenols is 1. The van der Waals surface area contributed by atoms with Crippen molar-refractivity contribution in [3.63, 3.8) is 0 Å². The van der Waals surface area contributed by atoms with Crippen LogP contribution in [0.15, 0.2) is 60.7 Å². The molecule has 4 heteroatoms. The molecule has 0 amide bonds. The van der Waals surface area contributed by atoms with Crippen LogP contribution in [0.3, 0.4) is 0 Å². The van der Waals surface area contributed by atoms with Crippen molar-refractivity contribution in [1.29, 1.82) is 0 Å². The summed E-state index contributed by atoms with van der Waals surface area (Å²) in [5.74, 6) is 0.176. The Hall–Kier alpha value is -2.75. The molecule has 128 valence electrons. The highest BCUT2D eigenvalue weighted by molar-refractivity contribution is 5.95. The topological polar surface area (TPSA) is 32.7 Å². The number of piperidine rings is 1. The van der Waals surface area contributed by atoms with E-state index >= 15 is 0 Å². The van der Waals surface area contributed by atoms with Gasteiger partial charge in [0.1, 0.15) is 5.75 Å². The van der Waals surface area contributed by atoms with Gasteiger partial charge in [-0.25, -0.2) is 4.39 Å². The first kappa shape index (κ1) is 15.8. The van der Waals surface area contributed by atoms with Crippen LogP contribution >= 0.6 is 0 Å². The Morgan fingerprint density at radius 3 is 2.76 bits per heavy atom. The molecule has 3 aromatic rings. The van der Waals surface area contributed by atoms with E-state index in [1.54, 1.807) is 30.3 Å². The van der Waals surface area contributed by atoms with E-state index in [0.717, 1.165) is 42.3 Å². The molecule has 25 heavy (non-hydrogen) atoms. The summed E-state index contributed by atoms with van der Waals surface area (Å²) in [4.78, 5) is 2.18. The molecule has 1 fully saturated rings. The third-order valence-electron chi connectivity index (χ3n) is 4.70. The Kier molecular flexibility index (Phi) is 4.18. The first-order valence-electron chi connectivity index (χ1n) is 8.62. The summed E-state index contributed by atoms with van der Waals surface area (Å²) in [5.41, 5.74) is 1.01. The summed E-state index contributed by atoms with van der Waals surface area (Å²) in [7, 11) is 0. The summed E-state index contributed by atoms with van der Waals surface area (Å²) in [6.45, 7) is 0.841. The van der Waals surface area contributed by atoms with E-state index in [-0.39, 0.29) is 23.5 Å². The zero-order valence-electron chi connectivity index (χ0n) is 13.9. The van der Waals surface area contributed by atoms with Gasteiger partial charge in [-0.2, -0.15) is 0 Å². The van der Waals surface area contributed by atoms with Crippen molar-refractivity contribution in [3.05, 3.63) is 66.5 Å². The number of nitrogens with zero attached hydrogens (tertiary/aromatic N) is 1. The van der Waals surface area contributed by atoms with Gasteiger partial charge in [0.05, 0.1) is 0 Å². The molecular weight excluding hydrogens is 317 g/mol. The van der Waals surface area contributed by atoms with Gasteiger partial charge < -0.3 is 14.7 Å². The van der Waals surface area contributed by atoms with E-state index in [1.165, 1.54) is 6.07 Å². The Bertz CT molecular complexity index is 896. The van der Waals surface area contributed by atoms with E-state index in [9.17, 15) is 9.50 Å². The van der Waals surface area contributed by atoms with Crippen LogP contribution in [0.5, 0.6) is 11.5 Å². The molecule has 0 aliphatic carbocycles. The fourth-order valence-electron chi connectivity index (χ4n) is 3.48. The number of halogens is 1. The molecule has 0 radical (unpaired) electrons. The second kappa shape index (κ2) is 6.63. The van der Waals surface area contributed by atoms with Crippen LogP contribution in [0.1, 0.15) is 19.3 Å². The van der Waals surface area contributed by atoms with Crippen molar-refractivity contribution >= 4 is 16.5 Å². The molecule has 1 unspecified atom stereocenters. The van der Waals surface area contributed by atoms with Crippen LogP contribution in [-0.4, -0.2) is 17.9 Å². The molecule has 1 aliphatic rings. The SMILES string of the molecule is Oc1ccc2cccc(N3CCCCC3Oc3ccccc3F)c2c1. The number of rotatable bonds is 3. The molecular formula is C21H20FNO2. The van der Waals surface area contributed by atoms with Crippen LogP contribution in [0.2, 0.25) is 0 Å². The molecule has 0 bridgehead atoms. The highest BCUT2D eigenvalue weighted by Gasteiger charge is 2.26. The lowest BCUT2D eigenvalue weighted by molar-refractivity contribution is 0.158. The summed E-state index contributed by atoms with van der Waals surface area (Å²) in [6, 6.07) is 18.0. The van der Waals surface area contributed by atoms with Crippen molar-refractivity contribution in [3.8, 4) is 11.5 Å². The van der Waals surface area contributed by atoms with Gasteiger partial charge in [-0.05, 0) is 48.6 Å². The second-order valence-corrected chi connectivity index (χ2v) is 6.37. The molecule has 3 nitrogen and oxygen atoms in total. The van der Waals surface area contributed by atoms with Gasteiger partial charge in [0, 0.05) is 24.0 Å². The molecule has 1 N–H and O–H groups in total. The van der Waals surface area contributed by atoms with Crippen molar-refractivity contribution in [2.75, 3.05) is 11.4 Å². The Labute approximate surface area is 146 Å². The monoisotopic (exact) mass is 337 g/mol. The lowest BCUT2D eigenvalue weighted by Crippen LogP contribution is -2.43. The lowest BCUT2D eigenvalue weighted by atomic mass is 10.0. The average molecular weight is 337 g/mol. The number of fused-ring (bicyclic) bond motifs is 1. The quantitative estimate of drug-likeness (QED) is 0.723. The van der Waals surface area contributed by atoms with Crippen molar-refractivity contribution < 1.29 is 14.2 Å². The highest BCUT2D eigenvalue weighted by atomic mass is 19.1. The maximum Gasteiger partial charge on any atom is 0.172 e. The predicted octanol–water partition coefficient (Wildman–Crippen LogP) is 5.08. The van der Waals surface area contributed by atoms with Gasteiger partial charge in [-0.1, -0.05) is 30.3 Å². The number of ether oxygens (including phenoxy) is 1. The average Bonchev–Trinajstić information content (AvgIpc) is 2.64. The van der Waals surface area contributed by atoms with E-state index in [2.05, 4.69) is 4.90 Å². The molecule has 0 aromatic heterocycles. The summed E-state index contributed by atoms with van der Waals surface area (Å²) >= 11 is 0. The molecule has 3 aromatic carbocycles. The van der Waals surface area contributed by atoms with Crippen molar-refractivity contribution in [2.45, 2.75) is 25.5 Å². The molecule has 1 aliphatic heterocycles. The summed E-state index contributed by atoms with van der Waals surface area (Å²) in [6.07, 6.45) is 2.72. The minimum atomic E-state index is -0.344.